The maximum atomic E-state index is 5.74. The lowest BCUT2D eigenvalue weighted by atomic mass is 10.2. The van der Waals surface area contributed by atoms with Crippen LogP contribution in [0.5, 0.6) is 5.75 Å². The van der Waals surface area contributed by atoms with Crippen molar-refractivity contribution in [2.45, 2.75) is 26.8 Å². The second-order valence-corrected chi connectivity index (χ2v) is 4.71. The van der Waals surface area contributed by atoms with Crippen LogP contribution in [0.25, 0.3) is 0 Å². The van der Waals surface area contributed by atoms with E-state index in [4.69, 9.17) is 10.5 Å². The maximum Gasteiger partial charge on any atom is 0.207 e. The molecule has 0 unspecified atom stereocenters. The molecular formula is C13H18N4OS. The molecule has 1 heterocycles. The average Bonchev–Trinajstić information content (AvgIpc) is 2.88. The number of hydrogen-bond donors (Lipinski definition) is 2. The zero-order valence-corrected chi connectivity index (χ0v) is 12.0. The van der Waals surface area contributed by atoms with Gasteiger partial charge >= 0.3 is 0 Å². The molecule has 102 valence electrons. The minimum atomic E-state index is 0.446. The van der Waals surface area contributed by atoms with Gasteiger partial charge in [-0.2, -0.15) is 4.37 Å². The molecule has 0 fully saturated rings. The molecule has 0 aliphatic heterocycles. The molecule has 0 spiro atoms. The number of aromatic nitrogens is 2. The smallest absolute Gasteiger partial charge is 0.207 e. The molecule has 0 amide bonds. The highest BCUT2D eigenvalue weighted by atomic mass is 32.1. The number of benzene rings is 1. The molecular weight excluding hydrogens is 260 g/mol. The van der Waals surface area contributed by atoms with Gasteiger partial charge in [0, 0.05) is 35.7 Å². The summed E-state index contributed by atoms with van der Waals surface area (Å²) in [5.41, 5.74) is 7.66. The van der Waals surface area contributed by atoms with Gasteiger partial charge in [-0.25, -0.2) is 4.98 Å². The van der Waals surface area contributed by atoms with Crippen molar-refractivity contribution in [3.63, 3.8) is 0 Å². The standard InChI is InChI=1S/C13H18N4OS/c1-3-12-16-13(19-17-12)15-10-5-6-11(18-4-2)9(7-10)8-14/h5-7H,3-4,8,14H2,1-2H3,(H,15,16,17). The van der Waals surface area contributed by atoms with Crippen molar-refractivity contribution in [3.8, 4) is 5.75 Å². The Labute approximate surface area is 117 Å². The number of nitrogens with zero attached hydrogens (tertiary/aromatic N) is 2. The first-order valence-electron chi connectivity index (χ1n) is 6.32. The van der Waals surface area contributed by atoms with Crippen LogP contribution in [0.2, 0.25) is 0 Å². The lowest BCUT2D eigenvalue weighted by Crippen LogP contribution is -2.03. The van der Waals surface area contributed by atoms with E-state index in [0.717, 1.165) is 34.4 Å². The fraction of sp³-hybridized carbons (Fsp3) is 0.385. The van der Waals surface area contributed by atoms with Gasteiger partial charge in [-0.15, -0.1) is 0 Å². The second-order valence-electron chi connectivity index (χ2n) is 3.95. The molecule has 0 atom stereocenters. The van der Waals surface area contributed by atoms with E-state index >= 15 is 0 Å². The van der Waals surface area contributed by atoms with Gasteiger partial charge in [-0.3, -0.25) is 0 Å². The molecule has 19 heavy (non-hydrogen) atoms. The fourth-order valence-electron chi connectivity index (χ4n) is 1.68. The molecule has 0 radical (unpaired) electrons. The molecule has 0 bridgehead atoms. The predicted octanol–water partition coefficient (Wildman–Crippen LogP) is 2.70. The molecule has 0 aliphatic carbocycles. The summed E-state index contributed by atoms with van der Waals surface area (Å²) in [5.74, 6) is 1.69. The summed E-state index contributed by atoms with van der Waals surface area (Å²) >= 11 is 1.36. The van der Waals surface area contributed by atoms with Crippen molar-refractivity contribution in [3.05, 3.63) is 29.6 Å². The number of rotatable bonds is 6. The van der Waals surface area contributed by atoms with Crippen molar-refractivity contribution in [1.29, 1.82) is 0 Å². The Balaban J connectivity index is 2.16. The van der Waals surface area contributed by atoms with Crippen molar-refractivity contribution in [2.75, 3.05) is 11.9 Å². The quantitative estimate of drug-likeness (QED) is 0.850. The van der Waals surface area contributed by atoms with Crippen LogP contribution in [0.4, 0.5) is 10.8 Å². The molecule has 6 heteroatoms. The summed E-state index contributed by atoms with van der Waals surface area (Å²) in [4.78, 5) is 4.37. The number of anilines is 2. The van der Waals surface area contributed by atoms with Crippen LogP contribution >= 0.6 is 11.5 Å². The molecule has 2 rings (SSSR count). The van der Waals surface area contributed by atoms with Gasteiger partial charge in [0.1, 0.15) is 11.6 Å². The Bertz CT molecular complexity index is 541. The first kappa shape index (κ1) is 13.8. The van der Waals surface area contributed by atoms with Crippen LogP contribution in [-0.2, 0) is 13.0 Å². The van der Waals surface area contributed by atoms with Gasteiger partial charge in [0.2, 0.25) is 5.13 Å². The van der Waals surface area contributed by atoms with E-state index in [-0.39, 0.29) is 0 Å². The predicted molar refractivity (Wildman–Crippen MR) is 78.1 cm³/mol. The number of nitrogens with one attached hydrogen (secondary N) is 1. The van der Waals surface area contributed by atoms with E-state index in [1.165, 1.54) is 11.5 Å². The lowest BCUT2D eigenvalue weighted by Gasteiger charge is -2.10. The second kappa shape index (κ2) is 6.49. The fourth-order valence-corrected chi connectivity index (χ4v) is 2.36. The van der Waals surface area contributed by atoms with Crippen LogP contribution in [-0.4, -0.2) is 16.0 Å². The van der Waals surface area contributed by atoms with Crippen LogP contribution in [0, 0.1) is 0 Å². The highest BCUT2D eigenvalue weighted by Gasteiger charge is 2.06. The molecule has 5 nitrogen and oxygen atoms in total. The lowest BCUT2D eigenvalue weighted by molar-refractivity contribution is 0.336. The normalized spacial score (nSPS) is 10.5. The number of aryl methyl sites for hydroxylation is 1. The Morgan fingerprint density at radius 1 is 1.37 bits per heavy atom. The number of hydrogen-bond acceptors (Lipinski definition) is 6. The summed E-state index contributed by atoms with van der Waals surface area (Å²) in [6.45, 7) is 5.08. The third-order valence-electron chi connectivity index (χ3n) is 2.62. The van der Waals surface area contributed by atoms with Crippen molar-refractivity contribution in [1.82, 2.24) is 9.36 Å². The monoisotopic (exact) mass is 278 g/mol. The van der Waals surface area contributed by atoms with E-state index in [0.29, 0.717) is 13.2 Å². The van der Waals surface area contributed by atoms with E-state index < -0.39 is 0 Å². The Morgan fingerprint density at radius 2 is 2.21 bits per heavy atom. The molecule has 2 aromatic rings. The zero-order chi connectivity index (χ0) is 13.7. The van der Waals surface area contributed by atoms with Crippen LogP contribution < -0.4 is 15.8 Å². The van der Waals surface area contributed by atoms with Gasteiger partial charge < -0.3 is 15.8 Å². The van der Waals surface area contributed by atoms with E-state index in [2.05, 4.69) is 14.7 Å². The number of nitrogens with two attached hydrogens (primary N) is 1. The third-order valence-corrected chi connectivity index (χ3v) is 3.28. The van der Waals surface area contributed by atoms with Gasteiger partial charge in [0.25, 0.3) is 0 Å². The van der Waals surface area contributed by atoms with Gasteiger partial charge in [0.05, 0.1) is 6.61 Å². The van der Waals surface area contributed by atoms with Crippen LogP contribution in [0.3, 0.4) is 0 Å². The Kier molecular flexibility index (Phi) is 4.70. The summed E-state index contributed by atoms with van der Waals surface area (Å²) in [5, 5.41) is 4.03. The van der Waals surface area contributed by atoms with E-state index in [1.807, 2.05) is 32.0 Å². The SMILES string of the molecule is CCOc1ccc(Nc2nc(CC)ns2)cc1CN. The highest BCUT2D eigenvalue weighted by molar-refractivity contribution is 7.09. The Hall–Kier alpha value is -1.66. The van der Waals surface area contributed by atoms with Gasteiger partial charge in [-0.1, -0.05) is 6.92 Å². The minimum absolute atomic E-state index is 0.446. The van der Waals surface area contributed by atoms with Gasteiger partial charge in [0.15, 0.2) is 0 Å². The summed E-state index contributed by atoms with van der Waals surface area (Å²) in [6.07, 6.45) is 0.843. The van der Waals surface area contributed by atoms with Crippen LogP contribution in [0.1, 0.15) is 25.2 Å². The molecule has 0 saturated carbocycles. The molecule has 3 N–H and O–H groups in total. The van der Waals surface area contributed by atoms with Crippen molar-refractivity contribution in [2.24, 2.45) is 5.73 Å². The zero-order valence-electron chi connectivity index (χ0n) is 11.1. The molecule has 1 aromatic heterocycles. The summed E-state index contributed by atoms with van der Waals surface area (Å²) in [6, 6.07) is 5.87. The first-order chi connectivity index (χ1) is 9.26. The van der Waals surface area contributed by atoms with Gasteiger partial charge in [-0.05, 0) is 25.1 Å². The van der Waals surface area contributed by atoms with Crippen LogP contribution in [0.15, 0.2) is 18.2 Å². The van der Waals surface area contributed by atoms with Crippen molar-refractivity contribution < 1.29 is 4.74 Å². The minimum Gasteiger partial charge on any atom is -0.494 e. The maximum absolute atomic E-state index is 5.74. The topological polar surface area (TPSA) is 73.1 Å². The first-order valence-corrected chi connectivity index (χ1v) is 7.09. The average molecular weight is 278 g/mol. The Morgan fingerprint density at radius 3 is 2.84 bits per heavy atom. The molecule has 0 aliphatic rings. The molecule has 1 aromatic carbocycles. The van der Waals surface area contributed by atoms with E-state index in [1.54, 1.807) is 0 Å². The highest BCUT2D eigenvalue weighted by Crippen LogP contribution is 2.25. The largest absolute Gasteiger partial charge is 0.494 e. The van der Waals surface area contributed by atoms with E-state index in [9.17, 15) is 0 Å². The number of ether oxygens (including phenoxy) is 1. The third kappa shape index (κ3) is 3.42. The summed E-state index contributed by atoms with van der Waals surface area (Å²) < 4.78 is 9.76. The summed E-state index contributed by atoms with van der Waals surface area (Å²) in [7, 11) is 0. The van der Waals surface area contributed by atoms with Crippen molar-refractivity contribution >= 4 is 22.4 Å². The molecule has 0 saturated heterocycles.